The number of methoxy groups -OCH3 is 2. The SMILES string of the molecule is COc1ccc(C2CCCN2C(=O)CC(NC(N)=O)c2ccc(Cl)cc2)cc1OC. The van der Waals surface area contributed by atoms with Crippen molar-refractivity contribution < 1.29 is 19.1 Å². The van der Waals surface area contributed by atoms with Gasteiger partial charge in [-0.15, -0.1) is 0 Å². The number of carbonyl (C=O) groups is 2. The van der Waals surface area contributed by atoms with E-state index in [2.05, 4.69) is 5.32 Å². The minimum atomic E-state index is -0.680. The molecule has 0 aliphatic carbocycles. The van der Waals surface area contributed by atoms with Gasteiger partial charge in [0.1, 0.15) is 0 Å². The number of likely N-dealkylation sites (tertiary alicyclic amines) is 1. The maximum atomic E-state index is 13.2. The Morgan fingerprint density at radius 3 is 2.50 bits per heavy atom. The highest BCUT2D eigenvalue weighted by atomic mass is 35.5. The molecule has 160 valence electrons. The highest BCUT2D eigenvalue weighted by Gasteiger charge is 2.32. The van der Waals surface area contributed by atoms with Gasteiger partial charge >= 0.3 is 6.03 Å². The normalized spacial score (nSPS) is 16.8. The second-order valence-corrected chi connectivity index (χ2v) is 7.61. The number of amides is 3. The van der Waals surface area contributed by atoms with Crippen molar-refractivity contribution in [3.8, 4) is 11.5 Å². The molecular weight excluding hydrogens is 406 g/mol. The number of ether oxygens (including phenoxy) is 2. The van der Waals surface area contributed by atoms with Crippen molar-refractivity contribution in [2.75, 3.05) is 20.8 Å². The van der Waals surface area contributed by atoms with E-state index in [0.29, 0.717) is 23.1 Å². The summed E-state index contributed by atoms with van der Waals surface area (Å²) in [5, 5.41) is 3.25. The van der Waals surface area contributed by atoms with Gasteiger partial charge in [-0.1, -0.05) is 29.8 Å². The third-order valence-electron chi connectivity index (χ3n) is 5.33. The van der Waals surface area contributed by atoms with Crippen molar-refractivity contribution in [1.82, 2.24) is 10.2 Å². The molecule has 2 atom stereocenters. The van der Waals surface area contributed by atoms with Crippen molar-refractivity contribution in [3.63, 3.8) is 0 Å². The summed E-state index contributed by atoms with van der Waals surface area (Å²) >= 11 is 5.96. The molecule has 1 heterocycles. The van der Waals surface area contributed by atoms with Crippen LogP contribution in [0.25, 0.3) is 0 Å². The van der Waals surface area contributed by atoms with Gasteiger partial charge in [-0.05, 0) is 48.2 Å². The monoisotopic (exact) mass is 431 g/mol. The number of urea groups is 1. The Morgan fingerprint density at radius 1 is 1.17 bits per heavy atom. The number of primary amides is 1. The van der Waals surface area contributed by atoms with Crippen LogP contribution in [0.4, 0.5) is 4.79 Å². The molecule has 3 amide bonds. The largest absolute Gasteiger partial charge is 0.493 e. The number of hydrogen-bond acceptors (Lipinski definition) is 4. The van der Waals surface area contributed by atoms with Gasteiger partial charge < -0.3 is 25.4 Å². The summed E-state index contributed by atoms with van der Waals surface area (Å²) in [5.74, 6) is 1.22. The number of carbonyl (C=O) groups excluding carboxylic acids is 2. The van der Waals surface area contributed by atoms with Gasteiger partial charge in [-0.25, -0.2) is 4.79 Å². The van der Waals surface area contributed by atoms with Crippen LogP contribution >= 0.6 is 11.6 Å². The highest BCUT2D eigenvalue weighted by Crippen LogP contribution is 2.37. The summed E-state index contributed by atoms with van der Waals surface area (Å²) in [6.45, 7) is 0.655. The minimum Gasteiger partial charge on any atom is -0.493 e. The number of halogens is 1. The first-order valence-electron chi connectivity index (χ1n) is 9.75. The third kappa shape index (κ3) is 4.97. The van der Waals surface area contributed by atoms with Gasteiger partial charge in [-0.3, -0.25) is 4.79 Å². The molecule has 0 spiro atoms. The molecule has 1 fully saturated rings. The van der Waals surface area contributed by atoms with Crippen LogP contribution in [0.3, 0.4) is 0 Å². The molecule has 0 saturated carbocycles. The van der Waals surface area contributed by atoms with Gasteiger partial charge in [0.05, 0.1) is 32.7 Å². The smallest absolute Gasteiger partial charge is 0.312 e. The fraction of sp³-hybridized carbons (Fsp3) is 0.364. The summed E-state index contributed by atoms with van der Waals surface area (Å²) in [5.41, 5.74) is 7.10. The van der Waals surface area contributed by atoms with E-state index in [1.54, 1.807) is 38.5 Å². The van der Waals surface area contributed by atoms with Crippen molar-refractivity contribution in [3.05, 3.63) is 58.6 Å². The Hall–Kier alpha value is -2.93. The first-order valence-corrected chi connectivity index (χ1v) is 10.1. The number of hydrogen-bond donors (Lipinski definition) is 2. The second-order valence-electron chi connectivity index (χ2n) is 7.18. The zero-order valence-corrected chi connectivity index (χ0v) is 17.8. The van der Waals surface area contributed by atoms with Gasteiger partial charge in [0.15, 0.2) is 11.5 Å². The van der Waals surface area contributed by atoms with Crippen molar-refractivity contribution in [2.24, 2.45) is 5.73 Å². The predicted octanol–water partition coefficient (Wildman–Crippen LogP) is 3.82. The summed E-state index contributed by atoms with van der Waals surface area (Å²) in [7, 11) is 3.18. The number of nitrogens with zero attached hydrogens (tertiary/aromatic N) is 1. The number of benzene rings is 2. The molecule has 1 aliphatic rings. The van der Waals surface area contributed by atoms with E-state index in [0.717, 1.165) is 24.0 Å². The highest BCUT2D eigenvalue weighted by molar-refractivity contribution is 6.30. The predicted molar refractivity (Wildman–Crippen MR) is 115 cm³/mol. The average molecular weight is 432 g/mol. The molecule has 3 N–H and O–H groups in total. The van der Waals surface area contributed by atoms with E-state index < -0.39 is 12.1 Å². The van der Waals surface area contributed by atoms with Crippen LogP contribution in [0.1, 0.15) is 42.5 Å². The van der Waals surface area contributed by atoms with Gasteiger partial charge in [0.25, 0.3) is 0 Å². The lowest BCUT2D eigenvalue weighted by Crippen LogP contribution is -2.38. The van der Waals surface area contributed by atoms with Crippen molar-refractivity contribution in [1.29, 1.82) is 0 Å². The molecule has 3 rings (SSSR count). The Labute approximate surface area is 181 Å². The van der Waals surface area contributed by atoms with E-state index in [1.165, 1.54) is 0 Å². The van der Waals surface area contributed by atoms with Crippen LogP contribution in [0.5, 0.6) is 11.5 Å². The van der Waals surface area contributed by atoms with E-state index in [1.807, 2.05) is 23.1 Å². The van der Waals surface area contributed by atoms with Crippen molar-refractivity contribution in [2.45, 2.75) is 31.3 Å². The third-order valence-corrected chi connectivity index (χ3v) is 5.59. The lowest BCUT2D eigenvalue weighted by Gasteiger charge is -2.28. The van der Waals surface area contributed by atoms with Crippen molar-refractivity contribution >= 4 is 23.5 Å². The Bertz CT molecular complexity index is 904. The molecular formula is C22H26ClN3O4. The van der Waals surface area contributed by atoms with E-state index >= 15 is 0 Å². The minimum absolute atomic E-state index is 0.0546. The lowest BCUT2D eigenvalue weighted by molar-refractivity contribution is -0.132. The molecule has 0 aromatic heterocycles. The topological polar surface area (TPSA) is 93.9 Å². The Kier molecular flexibility index (Phi) is 7.05. The van der Waals surface area contributed by atoms with Gasteiger partial charge in [0.2, 0.25) is 5.91 Å². The molecule has 0 bridgehead atoms. The van der Waals surface area contributed by atoms with Gasteiger partial charge in [0, 0.05) is 11.6 Å². The molecule has 2 aromatic rings. The molecule has 1 saturated heterocycles. The quantitative estimate of drug-likeness (QED) is 0.696. The molecule has 2 unspecified atom stereocenters. The zero-order chi connectivity index (χ0) is 21.7. The van der Waals surface area contributed by atoms with Crippen LogP contribution < -0.4 is 20.5 Å². The maximum absolute atomic E-state index is 13.2. The number of nitrogens with two attached hydrogens (primary N) is 1. The van der Waals surface area contributed by atoms with Crippen LogP contribution in [0.2, 0.25) is 5.02 Å². The summed E-state index contributed by atoms with van der Waals surface area (Å²) < 4.78 is 10.7. The molecule has 0 radical (unpaired) electrons. The van der Waals surface area contributed by atoms with Crippen LogP contribution in [0, 0.1) is 0 Å². The second kappa shape index (κ2) is 9.71. The standard InChI is InChI=1S/C22H26ClN3O4/c1-29-19-10-7-15(12-20(19)30-2)18-4-3-11-26(18)21(27)13-17(25-22(24)28)14-5-8-16(23)9-6-14/h5-10,12,17-18H,3-4,11,13H2,1-2H3,(H3,24,25,28). The van der Waals surface area contributed by atoms with E-state index in [4.69, 9.17) is 26.8 Å². The molecule has 8 heteroatoms. The number of nitrogens with one attached hydrogen (secondary N) is 1. The number of rotatable bonds is 7. The zero-order valence-electron chi connectivity index (χ0n) is 17.1. The van der Waals surface area contributed by atoms with Crippen LogP contribution in [-0.4, -0.2) is 37.6 Å². The maximum Gasteiger partial charge on any atom is 0.312 e. The summed E-state index contributed by atoms with van der Waals surface area (Å²) in [6.07, 6.45) is 1.87. The summed E-state index contributed by atoms with van der Waals surface area (Å²) in [4.78, 5) is 26.5. The Morgan fingerprint density at radius 2 is 1.87 bits per heavy atom. The van der Waals surface area contributed by atoms with E-state index in [9.17, 15) is 9.59 Å². The average Bonchev–Trinajstić information content (AvgIpc) is 3.23. The first-order chi connectivity index (χ1) is 14.4. The van der Waals surface area contributed by atoms with E-state index in [-0.39, 0.29) is 18.4 Å². The summed E-state index contributed by atoms with van der Waals surface area (Å²) in [6, 6.07) is 11.5. The molecule has 1 aliphatic heterocycles. The fourth-order valence-electron chi connectivity index (χ4n) is 3.88. The molecule has 7 nitrogen and oxygen atoms in total. The van der Waals surface area contributed by atoms with Crippen LogP contribution in [0.15, 0.2) is 42.5 Å². The Balaban J connectivity index is 1.80. The van der Waals surface area contributed by atoms with Gasteiger partial charge in [-0.2, -0.15) is 0 Å². The molecule has 2 aromatic carbocycles. The molecule has 30 heavy (non-hydrogen) atoms. The first kappa shape index (κ1) is 21.8. The lowest BCUT2D eigenvalue weighted by atomic mass is 10.0. The fourth-order valence-corrected chi connectivity index (χ4v) is 4.01. The van der Waals surface area contributed by atoms with Crippen LogP contribution in [-0.2, 0) is 4.79 Å².